The summed E-state index contributed by atoms with van der Waals surface area (Å²) in [6.45, 7) is 2.16. The van der Waals surface area contributed by atoms with E-state index >= 15 is 0 Å². The SMILES string of the molecule is CCc1ccc2c(c1)C1(CCCC1)C(=O)N2. The van der Waals surface area contributed by atoms with Crippen LogP contribution in [-0.2, 0) is 16.6 Å². The molecule has 0 atom stereocenters. The van der Waals surface area contributed by atoms with E-state index in [1.807, 2.05) is 0 Å². The van der Waals surface area contributed by atoms with Crippen LogP contribution in [0.1, 0.15) is 43.7 Å². The Morgan fingerprint density at radius 2 is 2.06 bits per heavy atom. The van der Waals surface area contributed by atoms with E-state index in [2.05, 4.69) is 30.4 Å². The molecule has 0 bridgehead atoms. The van der Waals surface area contributed by atoms with Crippen LogP contribution >= 0.6 is 0 Å². The number of hydrogen-bond donors (Lipinski definition) is 1. The van der Waals surface area contributed by atoms with Gasteiger partial charge in [0, 0.05) is 5.69 Å². The molecule has 1 aromatic rings. The first-order valence-corrected chi connectivity index (χ1v) is 6.21. The highest BCUT2D eigenvalue weighted by Gasteiger charge is 2.48. The van der Waals surface area contributed by atoms with E-state index in [1.54, 1.807) is 0 Å². The van der Waals surface area contributed by atoms with Crippen molar-refractivity contribution in [1.29, 1.82) is 0 Å². The second-order valence-electron chi connectivity index (χ2n) is 4.98. The van der Waals surface area contributed by atoms with Crippen molar-refractivity contribution in [2.75, 3.05) is 5.32 Å². The summed E-state index contributed by atoms with van der Waals surface area (Å²) in [5, 5.41) is 3.04. The molecule has 1 aromatic carbocycles. The molecule has 1 fully saturated rings. The van der Waals surface area contributed by atoms with Gasteiger partial charge in [0.2, 0.25) is 5.91 Å². The average molecular weight is 215 g/mol. The number of nitrogens with one attached hydrogen (secondary N) is 1. The Bertz CT molecular complexity index is 444. The molecule has 84 valence electrons. The molecule has 1 spiro atoms. The number of hydrogen-bond acceptors (Lipinski definition) is 1. The molecule has 3 rings (SSSR count). The third-order valence-corrected chi connectivity index (χ3v) is 4.15. The molecule has 1 heterocycles. The zero-order valence-electron chi connectivity index (χ0n) is 9.68. The van der Waals surface area contributed by atoms with Gasteiger partial charge >= 0.3 is 0 Å². The zero-order valence-corrected chi connectivity index (χ0v) is 9.68. The van der Waals surface area contributed by atoms with E-state index in [4.69, 9.17) is 0 Å². The lowest BCUT2D eigenvalue weighted by atomic mass is 9.79. The first kappa shape index (κ1) is 9.88. The van der Waals surface area contributed by atoms with Gasteiger partial charge in [0.1, 0.15) is 0 Å². The number of benzene rings is 1. The molecule has 1 N–H and O–H groups in total. The number of carbonyl (C=O) groups excluding carboxylic acids is 1. The van der Waals surface area contributed by atoms with E-state index < -0.39 is 0 Å². The largest absolute Gasteiger partial charge is 0.325 e. The van der Waals surface area contributed by atoms with Crippen molar-refractivity contribution in [3.63, 3.8) is 0 Å². The fourth-order valence-electron chi connectivity index (χ4n) is 3.16. The molecule has 2 nitrogen and oxygen atoms in total. The van der Waals surface area contributed by atoms with Gasteiger partial charge in [-0.2, -0.15) is 0 Å². The minimum Gasteiger partial charge on any atom is -0.325 e. The van der Waals surface area contributed by atoms with E-state index in [0.717, 1.165) is 24.9 Å². The van der Waals surface area contributed by atoms with Crippen molar-refractivity contribution in [2.45, 2.75) is 44.4 Å². The predicted molar refractivity (Wildman–Crippen MR) is 64.6 cm³/mol. The maximum Gasteiger partial charge on any atom is 0.235 e. The summed E-state index contributed by atoms with van der Waals surface area (Å²) in [5.41, 5.74) is 3.46. The Balaban J connectivity index is 2.14. The minimum absolute atomic E-state index is 0.180. The summed E-state index contributed by atoms with van der Waals surface area (Å²) in [7, 11) is 0. The topological polar surface area (TPSA) is 29.1 Å². The van der Waals surface area contributed by atoms with Crippen molar-refractivity contribution in [1.82, 2.24) is 0 Å². The summed E-state index contributed by atoms with van der Waals surface area (Å²) >= 11 is 0. The van der Waals surface area contributed by atoms with Crippen LogP contribution < -0.4 is 5.32 Å². The standard InChI is InChI=1S/C14H17NO/c1-2-10-5-6-12-11(9-10)14(13(16)15-12)7-3-4-8-14/h5-6,9H,2-4,7-8H2,1H3,(H,15,16). The molecule has 1 saturated carbocycles. The van der Waals surface area contributed by atoms with Gasteiger partial charge in [-0.1, -0.05) is 31.9 Å². The van der Waals surface area contributed by atoms with Gasteiger partial charge in [-0.25, -0.2) is 0 Å². The number of fused-ring (bicyclic) bond motifs is 2. The average Bonchev–Trinajstić information content (AvgIpc) is 2.88. The van der Waals surface area contributed by atoms with E-state index in [1.165, 1.54) is 24.0 Å². The van der Waals surface area contributed by atoms with Crippen molar-refractivity contribution in [2.24, 2.45) is 0 Å². The highest BCUT2D eigenvalue weighted by molar-refractivity contribution is 6.06. The lowest BCUT2D eigenvalue weighted by Crippen LogP contribution is -2.30. The molecule has 1 aliphatic carbocycles. The smallest absolute Gasteiger partial charge is 0.235 e. The first-order valence-electron chi connectivity index (χ1n) is 6.21. The number of anilines is 1. The molecule has 1 aliphatic heterocycles. The maximum atomic E-state index is 12.1. The number of rotatable bonds is 1. The monoisotopic (exact) mass is 215 g/mol. The molecule has 0 radical (unpaired) electrons. The number of amides is 1. The molecule has 0 saturated heterocycles. The summed E-state index contributed by atoms with van der Waals surface area (Å²) in [5.74, 6) is 0.230. The summed E-state index contributed by atoms with van der Waals surface area (Å²) in [6.07, 6.45) is 5.46. The first-order chi connectivity index (χ1) is 7.76. The van der Waals surface area contributed by atoms with Crippen LogP contribution in [0.3, 0.4) is 0 Å². The molecule has 16 heavy (non-hydrogen) atoms. The zero-order chi connectivity index (χ0) is 11.2. The van der Waals surface area contributed by atoms with Gasteiger partial charge in [-0.15, -0.1) is 0 Å². The van der Waals surface area contributed by atoms with Crippen LogP contribution in [0, 0.1) is 0 Å². The van der Waals surface area contributed by atoms with Crippen molar-refractivity contribution in [3.8, 4) is 0 Å². The molecular formula is C14H17NO. The van der Waals surface area contributed by atoms with E-state index in [-0.39, 0.29) is 11.3 Å². The lowest BCUT2D eigenvalue weighted by molar-refractivity contribution is -0.120. The Hall–Kier alpha value is -1.31. The summed E-state index contributed by atoms with van der Waals surface area (Å²) < 4.78 is 0. The highest BCUT2D eigenvalue weighted by atomic mass is 16.2. The number of carbonyl (C=O) groups is 1. The van der Waals surface area contributed by atoms with Crippen molar-refractivity contribution < 1.29 is 4.79 Å². The van der Waals surface area contributed by atoms with Gasteiger partial charge in [-0.05, 0) is 36.5 Å². The van der Waals surface area contributed by atoms with Gasteiger partial charge in [0.05, 0.1) is 5.41 Å². The second-order valence-corrected chi connectivity index (χ2v) is 4.98. The molecule has 0 unspecified atom stereocenters. The van der Waals surface area contributed by atoms with Gasteiger partial charge in [0.15, 0.2) is 0 Å². The van der Waals surface area contributed by atoms with E-state index in [9.17, 15) is 4.79 Å². The Morgan fingerprint density at radius 1 is 1.31 bits per heavy atom. The molecule has 1 amide bonds. The van der Waals surface area contributed by atoms with E-state index in [0.29, 0.717) is 0 Å². The van der Waals surface area contributed by atoms with Crippen LogP contribution in [0.5, 0.6) is 0 Å². The fraction of sp³-hybridized carbons (Fsp3) is 0.500. The van der Waals surface area contributed by atoms with Crippen LogP contribution in [0.4, 0.5) is 5.69 Å². The van der Waals surface area contributed by atoms with Crippen LogP contribution in [-0.4, -0.2) is 5.91 Å². The Kier molecular flexibility index (Phi) is 2.06. The molecular weight excluding hydrogens is 198 g/mol. The lowest BCUT2D eigenvalue weighted by Gasteiger charge is -2.20. The minimum atomic E-state index is -0.180. The molecule has 2 heteroatoms. The van der Waals surface area contributed by atoms with Gasteiger partial charge < -0.3 is 5.32 Å². The number of aryl methyl sites for hydroxylation is 1. The molecule has 0 aromatic heterocycles. The third kappa shape index (κ3) is 1.16. The van der Waals surface area contributed by atoms with Crippen LogP contribution in [0.2, 0.25) is 0 Å². The normalized spacial score (nSPS) is 21.2. The predicted octanol–water partition coefficient (Wildman–Crippen LogP) is 3.01. The Labute approximate surface area is 96.1 Å². The van der Waals surface area contributed by atoms with Crippen molar-refractivity contribution >= 4 is 11.6 Å². The molecule has 2 aliphatic rings. The quantitative estimate of drug-likeness (QED) is 0.766. The highest BCUT2D eigenvalue weighted by Crippen LogP contribution is 2.48. The third-order valence-electron chi connectivity index (χ3n) is 4.15. The van der Waals surface area contributed by atoms with Gasteiger partial charge in [0.25, 0.3) is 0 Å². The second kappa shape index (κ2) is 3.34. The summed E-state index contributed by atoms with van der Waals surface area (Å²) in [6, 6.07) is 6.42. The van der Waals surface area contributed by atoms with Gasteiger partial charge in [-0.3, -0.25) is 4.79 Å². The van der Waals surface area contributed by atoms with Crippen LogP contribution in [0.15, 0.2) is 18.2 Å². The fourth-order valence-corrected chi connectivity index (χ4v) is 3.16. The summed E-state index contributed by atoms with van der Waals surface area (Å²) in [4.78, 5) is 12.1. The van der Waals surface area contributed by atoms with Crippen molar-refractivity contribution in [3.05, 3.63) is 29.3 Å². The Morgan fingerprint density at radius 3 is 2.75 bits per heavy atom. The maximum absolute atomic E-state index is 12.1. The van der Waals surface area contributed by atoms with Crippen LogP contribution in [0.25, 0.3) is 0 Å².